The lowest BCUT2D eigenvalue weighted by atomic mass is 9.82. The fraction of sp³-hybridized carbons (Fsp3) is 0.688. The number of fused-ring (bicyclic) bond motifs is 1. The van der Waals surface area contributed by atoms with Gasteiger partial charge in [0.15, 0.2) is 12.2 Å². The first-order valence-electron chi connectivity index (χ1n) is 7.66. The summed E-state index contributed by atoms with van der Waals surface area (Å²) >= 11 is 0. The molecule has 2 rings (SSSR count). The van der Waals surface area contributed by atoms with Crippen molar-refractivity contribution in [1.82, 2.24) is 0 Å². The van der Waals surface area contributed by atoms with Crippen molar-refractivity contribution in [2.75, 3.05) is 0 Å². The summed E-state index contributed by atoms with van der Waals surface area (Å²) in [7, 11) is 0. The first kappa shape index (κ1) is 17.5. The van der Waals surface area contributed by atoms with Crippen LogP contribution in [0, 0.1) is 5.92 Å². The third-order valence-corrected chi connectivity index (χ3v) is 3.87. The number of hydrogen-bond acceptors (Lipinski definition) is 7. The number of carbonyl (C=O) groups excluding carboxylic acids is 3. The van der Waals surface area contributed by atoms with Crippen LogP contribution in [0.25, 0.3) is 0 Å². The minimum absolute atomic E-state index is 0.279. The van der Waals surface area contributed by atoms with E-state index in [1.165, 1.54) is 13.8 Å². The second-order valence-electron chi connectivity index (χ2n) is 5.82. The predicted octanol–water partition coefficient (Wildman–Crippen LogP) is 1.14. The molecule has 0 unspecified atom stereocenters. The number of esters is 3. The Labute approximate surface area is 134 Å². The van der Waals surface area contributed by atoms with Gasteiger partial charge in [0, 0.05) is 20.3 Å². The highest BCUT2D eigenvalue weighted by atomic mass is 16.6. The van der Waals surface area contributed by atoms with Gasteiger partial charge in [-0.1, -0.05) is 12.2 Å². The van der Waals surface area contributed by atoms with E-state index in [0.717, 1.165) is 0 Å². The van der Waals surface area contributed by atoms with Crippen LogP contribution in [0.4, 0.5) is 0 Å². The lowest BCUT2D eigenvalue weighted by Crippen LogP contribution is -2.61. The quantitative estimate of drug-likeness (QED) is 0.436. The summed E-state index contributed by atoms with van der Waals surface area (Å²) in [4.78, 5) is 35.2. The maximum Gasteiger partial charge on any atom is 0.315 e. The van der Waals surface area contributed by atoms with E-state index < -0.39 is 48.2 Å². The Morgan fingerprint density at radius 3 is 2.35 bits per heavy atom. The molecule has 0 aromatic rings. The van der Waals surface area contributed by atoms with Crippen molar-refractivity contribution >= 4 is 17.9 Å². The zero-order valence-corrected chi connectivity index (χ0v) is 13.7. The molecule has 0 spiro atoms. The Kier molecular flexibility index (Phi) is 5.41. The van der Waals surface area contributed by atoms with Crippen LogP contribution in [0.15, 0.2) is 12.2 Å². The fourth-order valence-electron chi connectivity index (χ4n) is 3.11. The Bertz CT molecular complexity index is 513. The Hall–Kier alpha value is -1.89. The largest absolute Gasteiger partial charge is 0.462 e. The standard InChI is InChI=1S/C16H22O7/c1-5-6-11-14(21-9(3)17)15(22-10(4)18)13-12(23-11)7-8(2)20-16(13)19/h5-6,8,11-15H,7H2,1-4H3/b6-5+/t8-,11-,12+,13-,14-,15+/m1/s1. The first-order chi connectivity index (χ1) is 10.8. The molecule has 6 atom stereocenters. The van der Waals surface area contributed by atoms with Gasteiger partial charge in [-0.3, -0.25) is 14.4 Å². The van der Waals surface area contributed by atoms with Crippen LogP contribution in [0.2, 0.25) is 0 Å². The van der Waals surface area contributed by atoms with Crippen LogP contribution in [0.5, 0.6) is 0 Å². The summed E-state index contributed by atoms with van der Waals surface area (Å²) in [6, 6.07) is 0. The van der Waals surface area contributed by atoms with Crippen LogP contribution in [-0.4, -0.2) is 48.4 Å². The molecule has 2 heterocycles. The first-order valence-corrected chi connectivity index (χ1v) is 7.66. The molecule has 0 aromatic heterocycles. The van der Waals surface area contributed by atoms with E-state index >= 15 is 0 Å². The van der Waals surface area contributed by atoms with Gasteiger partial charge in [-0.05, 0) is 13.8 Å². The van der Waals surface area contributed by atoms with Crippen molar-refractivity contribution in [2.45, 2.75) is 64.6 Å². The topological polar surface area (TPSA) is 88.1 Å². The van der Waals surface area contributed by atoms with E-state index in [0.29, 0.717) is 6.42 Å². The van der Waals surface area contributed by atoms with Gasteiger partial charge in [0.1, 0.15) is 18.1 Å². The molecule has 2 saturated heterocycles. The maximum atomic E-state index is 12.3. The van der Waals surface area contributed by atoms with E-state index in [4.69, 9.17) is 18.9 Å². The third kappa shape index (κ3) is 3.90. The van der Waals surface area contributed by atoms with Crippen molar-refractivity contribution < 1.29 is 33.3 Å². The van der Waals surface area contributed by atoms with Gasteiger partial charge < -0.3 is 18.9 Å². The van der Waals surface area contributed by atoms with E-state index in [1.54, 1.807) is 26.0 Å². The highest BCUT2D eigenvalue weighted by molar-refractivity contribution is 5.76. The summed E-state index contributed by atoms with van der Waals surface area (Å²) in [6.45, 7) is 6.08. The molecule has 0 aromatic carbocycles. The van der Waals surface area contributed by atoms with Crippen LogP contribution in [-0.2, 0) is 33.3 Å². The molecule has 0 radical (unpaired) electrons. The monoisotopic (exact) mass is 326 g/mol. The molecule has 7 heteroatoms. The van der Waals surface area contributed by atoms with E-state index in [9.17, 15) is 14.4 Å². The van der Waals surface area contributed by atoms with Crippen molar-refractivity contribution in [3.8, 4) is 0 Å². The number of cyclic esters (lactones) is 1. The fourth-order valence-corrected chi connectivity index (χ4v) is 3.11. The normalized spacial score (nSPS) is 37.0. The molecule has 2 aliphatic heterocycles. The van der Waals surface area contributed by atoms with Gasteiger partial charge in [-0.2, -0.15) is 0 Å². The van der Waals surface area contributed by atoms with Crippen LogP contribution in [0.3, 0.4) is 0 Å². The van der Waals surface area contributed by atoms with E-state index in [1.807, 2.05) is 0 Å². The van der Waals surface area contributed by atoms with Crippen LogP contribution < -0.4 is 0 Å². The molecule has 2 fully saturated rings. The molecule has 0 aliphatic carbocycles. The van der Waals surface area contributed by atoms with E-state index in [-0.39, 0.29) is 6.10 Å². The molecule has 7 nitrogen and oxygen atoms in total. The Morgan fingerprint density at radius 2 is 1.78 bits per heavy atom. The van der Waals surface area contributed by atoms with Crippen molar-refractivity contribution in [3.05, 3.63) is 12.2 Å². The SMILES string of the molecule is C/C=C/[C@H]1O[C@H]2C[C@@H](C)OC(=O)[C@H]2[C@H](OC(C)=O)[C@@H]1OC(C)=O. The van der Waals surface area contributed by atoms with E-state index in [2.05, 4.69) is 0 Å². The molecule has 23 heavy (non-hydrogen) atoms. The second kappa shape index (κ2) is 7.12. The molecule has 0 amide bonds. The van der Waals surface area contributed by atoms with Crippen molar-refractivity contribution in [1.29, 1.82) is 0 Å². The van der Waals surface area contributed by atoms with Gasteiger partial charge in [0.05, 0.1) is 6.10 Å². The Balaban J connectivity index is 2.37. The summed E-state index contributed by atoms with van der Waals surface area (Å²) in [5.41, 5.74) is 0. The smallest absolute Gasteiger partial charge is 0.315 e. The average Bonchev–Trinajstić information content (AvgIpc) is 2.41. The lowest BCUT2D eigenvalue weighted by Gasteiger charge is -2.46. The van der Waals surface area contributed by atoms with Crippen LogP contribution >= 0.6 is 0 Å². The molecule has 128 valence electrons. The highest BCUT2D eigenvalue weighted by Gasteiger charge is 2.55. The summed E-state index contributed by atoms with van der Waals surface area (Å²) in [6.07, 6.45) is 0.831. The number of rotatable bonds is 3. The van der Waals surface area contributed by atoms with Gasteiger partial charge in [0.2, 0.25) is 0 Å². The molecule has 0 bridgehead atoms. The number of allylic oxidation sites excluding steroid dienone is 1. The number of hydrogen-bond donors (Lipinski definition) is 0. The second-order valence-corrected chi connectivity index (χ2v) is 5.82. The molecule has 0 saturated carbocycles. The van der Waals surface area contributed by atoms with Gasteiger partial charge in [-0.15, -0.1) is 0 Å². The maximum absolute atomic E-state index is 12.3. The summed E-state index contributed by atoms with van der Waals surface area (Å²) in [5, 5.41) is 0. The molecule has 2 aliphatic rings. The minimum atomic E-state index is -0.934. The summed E-state index contributed by atoms with van der Waals surface area (Å²) < 4.78 is 21.8. The average molecular weight is 326 g/mol. The summed E-state index contributed by atoms with van der Waals surface area (Å²) in [5.74, 6) is -2.41. The lowest BCUT2D eigenvalue weighted by molar-refractivity contribution is -0.237. The zero-order valence-electron chi connectivity index (χ0n) is 13.7. The third-order valence-electron chi connectivity index (χ3n) is 3.87. The zero-order chi connectivity index (χ0) is 17.1. The predicted molar refractivity (Wildman–Crippen MR) is 78.2 cm³/mol. The van der Waals surface area contributed by atoms with Crippen LogP contribution in [0.1, 0.15) is 34.1 Å². The van der Waals surface area contributed by atoms with Gasteiger partial charge >= 0.3 is 17.9 Å². The van der Waals surface area contributed by atoms with Crippen molar-refractivity contribution in [2.24, 2.45) is 5.92 Å². The number of ether oxygens (including phenoxy) is 4. The van der Waals surface area contributed by atoms with Gasteiger partial charge in [-0.25, -0.2) is 0 Å². The highest BCUT2D eigenvalue weighted by Crippen LogP contribution is 2.37. The molecule has 0 N–H and O–H groups in total. The molecular formula is C16H22O7. The van der Waals surface area contributed by atoms with Gasteiger partial charge in [0.25, 0.3) is 0 Å². The Morgan fingerprint density at radius 1 is 1.17 bits per heavy atom. The molecular weight excluding hydrogens is 304 g/mol. The van der Waals surface area contributed by atoms with Crippen molar-refractivity contribution in [3.63, 3.8) is 0 Å². The minimum Gasteiger partial charge on any atom is -0.462 e. The number of carbonyl (C=O) groups is 3.